The lowest BCUT2D eigenvalue weighted by atomic mass is 9.68. The molecule has 1 amide bonds. The summed E-state index contributed by atoms with van der Waals surface area (Å²) < 4.78 is 0. The minimum Gasteiger partial charge on any atom is -0.353 e. The van der Waals surface area contributed by atoms with Crippen molar-refractivity contribution in [3.05, 3.63) is 0 Å². The monoisotopic (exact) mass is 195 g/mol. The highest BCUT2D eigenvalue weighted by molar-refractivity contribution is 5.79. The van der Waals surface area contributed by atoms with Crippen molar-refractivity contribution in [2.75, 3.05) is 0 Å². The second-order valence-electron chi connectivity index (χ2n) is 6.01. The van der Waals surface area contributed by atoms with E-state index < -0.39 is 0 Å². The molecule has 2 heteroatoms. The molecule has 3 unspecified atom stereocenters. The molecule has 0 bridgehead atoms. The average Bonchev–Trinajstić information content (AvgIpc) is 2.41. The van der Waals surface area contributed by atoms with E-state index >= 15 is 0 Å². The highest BCUT2D eigenvalue weighted by atomic mass is 16.2. The van der Waals surface area contributed by atoms with Gasteiger partial charge in [-0.15, -0.1) is 0 Å². The number of carbonyl (C=O) groups is 1. The van der Waals surface area contributed by atoms with Crippen LogP contribution >= 0.6 is 0 Å². The van der Waals surface area contributed by atoms with E-state index in [4.69, 9.17) is 0 Å². The average molecular weight is 195 g/mol. The maximum atomic E-state index is 11.3. The summed E-state index contributed by atoms with van der Waals surface area (Å²) in [4.78, 5) is 11.3. The Balaban J connectivity index is 2.01. The predicted molar refractivity (Wildman–Crippen MR) is 56.8 cm³/mol. The van der Waals surface area contributed by atoms with Crippen LogP contribution in [-0.4, -0.2) is 11.9 Å². The van der Waals surface area contributed by atoms with Gasteiger partial charge in [0.05, 0.1) is 0 Å². The molecule has 80 valence electrons. The SMILES string of the molecule is CC(C)(C)C1CCC2CC(=O)NC2C1. The van der Waals surface area contributed by atoms with Gasteiger partial charge in [0.1, 0.15) is 0 Å². The zero-order valence-electron chi connectivity index (χ0n) is 9.47. The summed E-state index contributed by atoms with van der Waals surface area (Å²) in [6.07, 6.45) is 4.52. The summed E-state index contributed by atoms with van der Waals surface area (Å²) in [7, 11) is 0. The molecule has 0 aromatic heterocycles. The fourth-order valence-corrected chi connectivity index (χ4v) is 2.94. The van der Waals surface area contributed by atoms with Crippen molar-refractivity contribution in [3.63, 3.8) is 0 Å². The van der Waals surface area contributed by atoms with Crippen molar-refractivity contribution in [1.29, 1.82) is 0 Å². The minimum atomic E-state index is 0.273. The topological polar surface area (TPSA) is 29.1 Å². The Labute approximate surface area is 86.5 Å². The van der Waals surface area contributed by atoms with Crippen LogP contribution in [0.3, 0.4) is 0 Å². The number of amides is 1. The van der Waals surface area contributed by atoms with Gasteiger partial charge < -0.3 is 5.32 Å². The second-order valence-corrected chi connectivity index (χ2v) is 6.01. The summed E-state index contributed by atoms with van der Waals surface area (Å²) in [5, 5.41) is 3.12. The summed E-state index contributed by atoms with van der Waals surface area (Å²) in [6, 6.07) is 0.487. The lowest BCUT2D eigenvalue weighted by Gasteiger charge is -2.38. The summed E-state index contributed by atoms with van der Waals surface area (Å²) >= 11 is 0. The summed E-state index contributed by atoms with van der Waals surface area (Å²) in [5.41, 5.74) is 0.401. The molecular weight excluding hydrogens is 174 g/mol. The Morgan fingerprint density at radius 3 is 2.64 bits per heavy atom. The maximum Gasteiger partial charge on any atom is 0.220 e. The molecule has 2 aliphatic rings. The zero-order chi connectivity index (χ0) is 10.3. The van der Waals surface area contributed by atoms with Crippen molar-refractivity contribution < 1.29 is 4.79 Å². The van der Waals surface area contributed by atoms with Crippen LogP contribution in [0.5, 0.6) is 0 Å². The minimum absolute atomic E-state index is 0.273. The van der Waals surface area contributed by atoms with E-state index in [-0.39, 0.29) is 5.91 Å². The number of fused-ring (bicyclic) bond motifs is 1. The quantitative estimate of drug-likeness (QED) is 0.631. The van der Waals surface area contributed by atoms with Crippen LogP contribution in [0.1, 0.15) is 46.5 Å². The van der Waals surface area contributed by atoms with Crippen molar-refractivity contribution in [2.24, 2.45) is 17.3 Å². The van der Waals surface area contributed by atoms with Gasteiger partial charge in [0.2, 0.25) is 5.91 Å². The molecule has 1 saturated carbocycles. The molecule has 1 N–H and O–H groups in total. The smallest absolute Gasteiger partial charge is 0.220 e. The highest BCUT2D eigenvalue weighted by Gasteiger charge is 2.40. The van der Waals surface area contributed by atoms with Gasteiger partial charge >= 0.3 is 0 Å². The van der Waals surface area contributed by atoms with Crippen molar-refractivity contribution >= 4 is 5.91 Å². The Morgan fingerprint density at radius 2 is 2.00 bits per heavy atom. The van der Waals surface area contributed by atoms with Gasteiger partial charge in [-0.1, -0.05) is 20.8 Å². The number of hydrogen-bond acceptors (Lipinski definition) is 1. The van der Waals surface area contributed by atoms with E-state index in [2.05, 4.69) is 26.1 Å². The van der Waals surface area contributed by atoms with Crippen LogP contribution in [-0.2, 0) is 4.79 Å². The third-order valence-electron chi connectivity index (χ3n) is 4.01. The van der Waals surface area contributed by atoms with Crippen LogP contribution in [0.2, 0.25) is 0 Å². The molecule has 1 heterocycles. The first-order valence-corrected chi connectivity index (χ1v) is 5.76. The van der Waals surface area contributed by atoms with Gasteiger partial charge in [-0.25, -0.2) is 0 Å². The summed E-state index contributed by atoms with van der Waals surface area (Å²) in [6.45, 7) is 6.94. The number of hydrogen-bond donors (Lipinski definition) is 1. The van der Waals surface area contributed by atoms with E-state index in [0.29, 0.717) is 17.4 Å². The maximum absolute atomic E-state index is 11.3. The van der Waals surface area contributed by atoms with Gasteiger partial charge in [-0.2, -0.15) is 0 Å². The molecule has 2 rings (SSSR count). The largest absolute Gasteiger partial charge is 0.353 e. The molecule has 1 saturated heterocycles. The van der Waals surface area contributed by atoms with Crippen molar-refractivity contribution in [1.82, 2.24) is 5.32 Å². The van der Waals surface area contributed by atoms with Crippen LogP contribution < -0.4 is 5.32 Å². The number of rotatable bonds is 0. The lowest BCUT2D eigenvalue weighted by Crippen LogP contribution is -2.38. The Morgan fingerprint density at radius 1 is 1.29 bits per heavy atom. The van der Waals surface area contributed by atoms with Crippen LogP contribution in [0, 0.1) is 17.3 Å². The molecular formula is C12H21NO. The first kappa shape index (κ1) is 10.0. The fraction of sp³-hybridized carbons (Fsp3) is 0.917. The summed E-state index contributed by atoms with van der Waals surface area (Å²) in [5.74, 6) is 1.69. The van der Waals surface area contributed by atoms with Crippen LogP contribution in [0.25, 0.3) is 0 Å². The number of carbonyl (C=O) groups excluding carboxylic acids is 1. The van der Waals surface area contributed by atoms with Gasteiger partial charge in [-0.05, 0) is 36.5 Å². The van der Waals surface area contributed by atoms with E-state index in [0.717, 1.165) is 12.3 Å². The van der Waals surface area contributed by atoms with Gasteiger partial charge in [-0.3, -0.25) is 4.79 Å². The van der Waals surface area contributed by atoms with E-state index in [1.165, 1.54) is 19.3 Å². The standard InChI is InChI=1S/C12H21NO/c1-12(2,3)9-5-4-8-6-11(14)13-10(8)7-9/h8-10H,4-7H2,1-3H3,(H,13,14). The molecule has 1 aliphatic carbocycles. The zero-order valence-corrected chi connectivity index (χ0v) is 9.47. The predicted octanol–water partition coefficient (Wildman–Crippen LogP) is 2.34. The normalized spacial score (nSPS) is 37.9. The lowest BCUT2D eigenvalue weighted by molar-refractivity contribution is -0.119. The second kappa shape index (κ2) is 3.25. The van der Waals surface area contributed by atoms with E-state index in [1.54, 1.807) is 0 Å². The van der Waals surface area contributed by atoms with E-state index in [9.17, 15) is 4.79 Å². The van der Waals surface area contributed by atoms with E-state index in [1.807, 2.05) is 0 Å². The molecule has 0 aromatic carbocycles. The molecule has 3 atom stereocenters. The molecule has 0 spiro atoms. The molecule has 0 radical (unpaired) electrons. The first-order chi connectivity index (χ1) is 6.47. The highest BCUT2D eigenvalue weighted by Crippen LogP contribution is 2.42. The third-order valence-corrected chi connectivity index (χ3v) is 4.01. The van der Waals surface area contributed by atoms with Crippen molar-refractivity contribution in [3.8, 4) is 0 Å². The van der Waals surface area contributed by atoms with Crippen LogP contribution in [0.4, 0.5) is 0 Å². The fourth-order valence-electron chi connectivity index (χ4n) is 2.94. The Bertz CT molecular complexity index is 241. The van der Waals surface area contributed by atoms with Crippen LogP contribution in [0.15, 0.2) is 0 Å². The molecule has 1 aliphatic heterocycles. The Kier molecular flexibility index (Phi) is 2.32. The molecule has 2 fully saturated rings. The molecule has 14 heavy (non-hydrogen) atoms. The van der Waals surface area contributed by atoms with Gasteiger partial charge in [0.25, 0.3) is 0 Å². The van der Waals surface area contributed by atoms with Gasteiger partial charge in [0.15, 0.2) is 0 Å². The molecule has 0 aromatic rings. The number of nitrogens with one attached hydrogen (secondary N) is 1. The molecule has 2 nitrogen and oxygen atoms in total. The van der Waals surface area contributed by atoms with Gasteiger partial charge in [0, 0.05) is 12.5 Å². The first-order valence-electron chi connectivity index (χ1n) is 5.76. The Hall–Kier alpha value is -0.530. The third kappa shape index (κ3) is 1.79. The van der Waals surface area contributed by atoms with Crippen molar-refractivity contribution in [2.45, 2.75) is 52.5 Å².